The summed E-state index contributed by atoms with van der Waals surface area (Å²) in [6, 6.07) is 7.36. The summed E-state index contributed by atoms with van der Waals surface area (Å²) < 4.78 is 0. The second-order valence-corrected chi connectivity index (χ2v) is 4.51. The highest BCUT2D eigenvalue weighted by Gasteiger charge is 2.15. The van der Waals surface area contributed by atoms with Crippen LogP contribution in [0, 0.1) is 0 Å². The van der Waals surface area contributed by atoms with E-state index in [4.69, 9.17) is 5.11 Å². The summed E-state index contributed by atoms with van der Waals surface area (Å²) in [5, 5.41) is 9.90. The van der Waals surface area contributed by atoms with Crippen molar-refractivity contribution in [2.45, 2.75) is 6.92 Å². The van der Waals surface area contributed by atoms with Crippen LogP contribution in [0.4, 0.5) is 5.82 Å². The summed E-state index contributed by atoms with van der Waals surface area (Å²) in [5.41, 5.74) is 1.60. The van der Waals surface area contributed by atoms with Gasteiger partial charge in [-0.15, -0.1) is 0 Å². The third-order valence-electron chi connectivity index (χ3n) is 2.64. The number of aromatic carboxylic acids is 1. The molecule has 2 rings (SSSR count). The van der Waals surface area contributed by atoms with Gasteiger partial charge in [-0.05, 0) is 19.1 Å². The fourth-order valence-electron chi connectivity index (χ4n) is 1.93. The Morgan fingerprint density at radius 2 is 2.05 bits per heavy atom. The average molecular weight is 257 g/mol. The van der Waals surface area contributed by atoms with E-state index in [1.807, 2.05) is 37.1 Å². The molecule has 5 nitrogen and oxygen atoms in total. The van der Waals surface area contributed by atoms with Gasteiger partial charge in [0.2, 0.25) is 5.82 Å². The van der Waals surface area contributed by atoms with Crippen LogP contribution in [0.25, 0.3) is 10.9 Å². The Kier molecular flexibility index (Phi) is 3.46. The van der Waals surface area contributed by atoms with Crippen molar-refractivity contribution in [2.24, 2.45) is 0 Å². The van der Waals surface area contributed by atoms with E-state index in [2.05, 4.69) is 16.5 Å². The van der Waals surface area contributed by atoms with E-state index in [0.29, 0.717) is 17.9 Å². The third kappa shape index (κ3) is 2.70. The minimum atomic E-state index is -1.13. The number of nitrogens with zero attached hydrogens (tertiary/aromatic N) is 3. The van der Waals surface area contributed by atoms with Crippen molar-refractivity contribution >= 4 is 22.7 Å². The van der Waals surface area contributed by atoms with Gasteiger partial charge in [0.1, 0.15) is 5.82 Å². The molecule has 0 atom stereocenters. The second-order valence-electron chi connectivity index (χ2n) is 4.51. The fourth-order valence-corrected chi connectivity index (χ4v) is 1.93. The lowest BCUT2D eigenvalue weighted by Gasteiger charge is -2.20. The van der Waals surface area contributed by atoms with Gasteiger partial charge in [-0.1, -0.05) is 24.3 Å². The van der Waals surface area contributed by atoms with Crippen molar-refractivity contribution in [3.05, 3.63) is 42.2 Å². The molecule has 1 aromatic heterocycles. The van der Waals surface area contributed by atoms with Crippen molar-refractivity contribution in [3.8, 4) is 0 Å². The Morgan fingerprint density at radius 1 is 1.37 bits per heavy atom. The van der Waals surface area contributed by atoms with Crippen LogP contribution in [0.5, 0.6) is 0 Å². The van der Waals surface area contributed by atoms with E-state index in [-0.39, 0.29) is 5.82 Å². The lowest BCUT2D eigenvalue weighted by Crippen LogP contribution is -2.22. The molecule has 0 unspecified atom stereocenters. The number of rotatable bonds is 4. The predicted octanol–water partition coefficient (Wildman–Crippen LogP) is 2.34. The Morgan fingerprint density at radius 3 is 2.68 bits per heavy atom. The molecule has 0 spiro atoms. The highest BCUT2D eigenvalue weighted by Crippen LogP contribution is 2.23. The molecule has 2 aromatic rings. The summed E-state index contributed by atoms with van der Waals surface area (Å²) in [5.74, 6) is -0.719. The SMILES string of the molecule is C=C(C)CN(C)c1nc(C(=O)O)nc2ccccc12. The van der Waals surface area contributed by atoms with Crippen LogP contribution in [0.1, 0.15) is 17.5 Å². The molecule has 0 aliphatic heterocycles. The van der Waals surface area contributed by atoms with E-state index in [0.717, 1.165) is 11.0 Å². The lowest BCUT2D eigenvalue weighted by molar-refractivity contribution is 0.0684. The number of hydrogen-bond donors (Lipinski definition) is 1. The summed E-state index contributed by atoms with van der Waals surface area (Å²) in [4.78, 5) is 21.1. The summed E-state index contributed by atoms with van der Waals surface area (Å²) >= 11 is 0. The molecular formula is C14H15N3O2. The maximum absolute atomic E-state index is 11.1. The van der Waals surface area contributed by atoms with Crippen molar-refractivity contribution in [1.29, 1.82) is 0 Å². The van der Waals surface area contributed by atoms with Gasteiger partial charge in [0.05, 0.1) is 5.52 Å². The Hall–Kier alpha value is -2.43. The first-order chi connectivity index (χ1) is 8.99. The largest absolute Gasteiger partial charge is 0.475 e. The number of para-hydroxylation sites is 1. The Bertz CT molecular complexity index is 652. The summed E-state index contributed by atoms with van der Waals surface area (Å²) in [6.07, 6.45) is 0. The maximum atomic E-state index is 11.1. The van der Waals surface area contributed by atoms with Gasteiger partial charge in [-0.2, -0.15) is 0 Å². The lowest BCUT2D eigenvalue weighted by atomic mass is 10.2. The first-order valence-corrected chi connectivity index (χ1v) is 5.84. The molecule has 0 saturated heterocycles. The average Bonchev–Trinajstić information content (AvgIpc) is 2.36. The second kappa shape index (κ2) is 5.06. The van der Waals surface area contributed by atoms with E-state index >= 15 is 0 Å². The number of likely N-dealkylation sites (N-methyl/N-ethyl adjacent to an activating group) is 1. The monoisotopic (exact) mass is 257 g/mol. The van der Waals surface area contributed by atoms with Crippen molar-refractivity contribution < 1.29 is 9.90 Å². The van der Waals surface area contributed by atoms with Crippen LogP contribution < -0.4 is 4.90 Å². The van der Waals surface area contributed by atoms with E-state index in [9.17, 15) is 4.79 Å². The number of fused-ring (bicyclic) bond motifs is 1. The van der Waals surface area contributed by atoms with Crippen LogP contribution in [-0.2, 0) is 0 Å². The number of carboxylic acid groups (broad SMARTS) is 1. The fraction of sp³-hybridized carbons (Fsp3) is 0.214. The smallest absolute Gasteiger partial charge is 0.374 e. The molecule has 0 saturated carbocycles. The van der Waals surface area contributed by atoms with Crippen LogP contribution in [0.2, 0.25) is 0 Å². The van der Waals surface area contributed by atoms with Gasteiger partial charge < -0.3 is 10.0 Å². The molecule has 0 bridgehead atoms. The van der Waals surface area contributed by atoms with Gasteiger partial charge >= 0.3 is 5.97 Å². The topological polar surface area (TPSA) is 66.3 Å². The number of carbonyl (C=O) groups is 1. The number of aromatic nitrogens is 2. The number of anilines is 1. The van der Waals surface area contributed by atoms with E-state index in [1.165, 1.54) is 0 Å². The zero-order valence-electron chi connectivity index (χ0n) is 10.9. The minimum absolute atomic E-state index is 0.192. The molecule has 19 heavy (non-hydrogen) atoms. The summed E-state index contributed by atoms with van der Waals surface area (Å²) in [7, 11) is 1.86. The normalized spacial score (nSPS) is 10.4. The number of hydrogen-bond acceptors (Lipinski definition) is 4. The van der Waals surface area contributed by atoms with Crippen molar-refractivity contribution in [2.75, 3.05) is 18.5 Å². The molecule has 0 aliphatic carbocycles. The summed E-state index contributed by atoms with van der Waals surface area (Å²) in [6.45, 7) is 6.38. The van der Waals surface area contributed by atoms with Gasteiger partial charge in [-0.25, -0.2) is 14.8 Å². The molecule has 0 aliphatic rings. The molecule has 0 fully saturated rings. The molecule has 1 aromatic carbocycles. The minimum Gasteiger partial charge on any atom is -0.475 e. The third-order valence-corrected chi connectivity index (χ3v) is 2.64. The molecule has 98 valence electrons. The number of benzene rings is 1. The molecule has 0 amide bonds. The van der Waals surface area contributed by atoms with Crippen molar-refractivity contribution in [3.63, 3.8) is 0 Å². The zero-order valence-corrected chi connectivity index (χ0v) is 10.9. The van der Waals surface area contributed by atoms with Gasteiger partial charge in [-0.3, -0.25) is 0 Å². The molecule has 5 heteroatoms. The Labute approximate surface area is 111 Å². The first kappa shape index (κ1) is 13.0. The van der Waals surface area contributed by atoms with Crippen LogP contribution in [0.3, 0.4) is 0 Å². The number of carboxylic acids is 1. The maximum Gasteiger partial charge on any atom is 0.374 e. The quantitative estimate of drug-likeness (QED) is 0.851. The molecular weight excluding hydrogens is 242 g/mol. The molecule has 0 radical (unpaired) electrons. The van der Waals surface area contributed by atoms with Gasteiger partial charge in [0, 0.05) is 19.0 Å². The highest BCUT2D eigenvalue weighted by atomic mass is 16.4. The molecule has 1 heterocycles. The highest BCUT2D eigenvalue weighted by molar-refractivity contribution is 5.93. The van der Waals surface area contributed by atoms with Crippen LogP contribution >= 0.6 is 0 Å². The zero-order chi connectivity index (χ0) is 14.0. The standard InChI is InChI=1S/C14H15N3O2/c1-9(2)8-17(3)13-10-6-4-5-7-11(10)15-12(16-13)14(18)19/h4-7H,1,8H2,2-3H3,(H,18,19). The van der Waals surface area contributed by atoms with Crippen LogP contribution in [-0.4, -0.2) is 34.6 Å². The van der Waals surface area contributed by atoms with E-state index in [1.54, 1.807) is 6.07 Å². The van der Waals surface area contributed by atoms with Gasteiger partial charge in [0.25, 0.3) is 0 Å². The van der Waals surface area contributed by atoms with Gasteiger partial charge in [0.15, 0.2) is 0 Å². The van der Waals surface area contributed by atoms with E-state index < -0.39 is 5.97 Å². The predicted molar refractivity (Wildman–Crippen MR) is 74.6 cm³/mol. The van der Waals surface area contributed by atoms with Crippen LogP contribution in [0.15, 0.2) is 36.4 Å². The Balaban J connectivity index is 2.62. The molecule has 1 N–H and O–H groups in total. The van der Waals surface area contributed by atoms with Crippen molar-refractivity contribution in [1.82, 2.24) is 9.97 Å². The first-order valence-electron chi connectivity index (χ1n) is 5.84.